The van der Waals surface area contributed by atoms with E-state index in [9.17, 15) is 4.79 Å². The van der Waals surface area contributed by atoms with Crippen LogP contribution in [0, 0.1) is 11.8 Å². The topological polar surface area (TPSA) is 38.3 Å². The second kappa shape index (κ2) is 7.80. The molecule has 1 aliphatic heterocycles. The predicted octanol–water partition coefficient (Wildman–Crippen LogP) is 2.01. The monoisotopic (exact) mass is 227 g/mol. The van der Waals surface area contributed by atoms with E-state index in [1.54, 1.807) is 0 Å². The van der Waals surface area contributed by atoms with E-state index in [4.69, 9.17) is 4.74 Å². The number of rotatable bonds is 7. The van der Waals surface area contributed by atoms with E-state index in [1.165, 1.54) is 12.8 Å². The molecule has 3 heteroatoms. The summed E-state index contributed by atoms with van der Waals surface area (Å²) in [4.78, 5) is 11.6. The Morgan fingerprint density at radius 3 is 3.00 bits per heavy atom. The molecule has 1 aliphatic rings. The molecule has 3 nitrogen and oxygen atoms in total. The van der Waals surface area contributed by atoms with Crippen molar-refractivity contribution in [2.24, 2.45) is 11.8 Å². The fourth-order valence-corrected chi connectivity index (χ4v) is 2.28. The number of carbonyl (C=O) groups excluding carboxylic acids is 1. The van der Waals surface area contributed by atoms with Crippen LogP contribution >= 0.6 is 0 Å². The van der Waals surface area contributed by atoms with Gasteiger partial charge in [-0.2, -0.15) is 0 Å². The van der Waals surface area contributed by atoms with Crippen LogP contribution in [-0.4, -0.2) is 32.1 Å². The number of hydrogen-bond acceptors (Lipinski definition) is 3. The fraction of sp³-hybridized carbons (Fsp3) is 0.923. The van der Waals surface area contributed by atoms with E-state index in [-0.39, 0.29) is 5.78 Å². The molecule has 1 saturated heterocycles. The van der Waals surface area contributed by atoms with Crippen LogP contribution in [0.3, 0.4) is 0 Å². The number of nitrogens with one attached hydrogen (secondary N) is 1. The summed E-state index contributed by atoms with van der Waals surface area (Å²) in [6, 6.07) is 0. The largest absolute Gasteiger partial charge is 0.374 e. The molecule has 0 aliphatic carbocycles. The van der Waals surface area contributed by atoms with E-state index >= 15 is 0 Å². The SMILES string of the molecule is CCCOCC(=O)CC(C)C1CCCNC1. The summed E-state index contributed by atoms with van der Waals surface area (Å²) < 4.78 is 5.27. The summed E-state index contributed by atoms with van der Waals surface area (Å²) in [6.07, 6.45) is 4.16. The first-order valence-corrected chi connectivity index (χ1v) is 6.54. The highest BCUT2D eigenvalue weighted by Crippen LogP contribution is 2.22. The molecule has 1 heterocycles. The first-order valence-electron chi connectivity index (χ1n) is 6.54. The van der Waals surface area contributed by atoms with Gasteiger partial charge in [-0.15, -0.1) is 0 Å². The van der Waals surface area contributed by atoms with Crippen LogP contribution in [-0.2, 0) is 9.53 Å². The van der Waals surface area contributed by atoms with Crippen LogP contribution in [0.2, 0.25) is 0 Å². The molecular weight excluding hydrogens is 202 g/mol. The Hall–Kier alpha value is -0.410. The Morgan fingerprint density at radius 1 is 1.56 bits per heavy atom. The number of carbonyl (C=O) groups is 1. The maximum absolute atomic E-state index is 11.6. The average Bonchev–Trinajstić information content (AvgIpc) is 2.30. The van der Waals surface area contributed by atoms with Gasteiger partial charge in [-0.05, 0) is 44.2 Å². The van der Waals surface area contributed by atoms with Crippen LogP contribution in [0.15, 0.2) is 0 Å². The molecule has 0 spiro atoms. The summed E-state index contributed by atoms with van der Waals surface area (Å²) in [6.45, 7) is 7.46. The molecule has 0 bridgehead atoms. The quantitative estimate of drug-likeness (QED) is 0.676. The average molecular weight is 227 g/mol. The van der Waals surface area contributed by atoms with Crippen molar-refractivity contribution in [3.05, 3.63) is 0 Å². The minimum Gasteiger partial charge on any atom is -0.374 e. The van der Waals surface area contributed by atoms with Gasteiger partial charge in [-0.1, -0.05) is 13.8 Å². The Bertz CT molecular complexity index is 200. The second-order valence-corrected chi connectivity index (χ2v) is 4.88. The van der Waals surface area contributed by atoms with Crippen molar-refractivity contribution in [2.45, 2.75) is 39.5 Å². The summed E-state index contributed by atoms with van der Waals surface area (Å²) in [7, 11) is 0. The van der Waals surface area contributed by atoms with Gasteiger partial charge in [0.15, 0.2) is 5.78 Å². The Balaban J connectivity index is 2.16. The molecule has 94 valence electrons. The lowest BCUT2D eigenvalue weighted by Crippen LogP contribution is -2.34. The van der Waals surface area contributed by atoms with E-state index in [1.807, 2.05) is 0 Å². The highest BCUT2D eigenvalue weighted by Gasteiger charge is 2.21. The molecule has 0 saturated carbocycles. The van der Waals surface area contributed by atoms with Crippen LogP contribution < -0.4 is 5.32 Å². The molecule has 0 amide bonds. The molecule has 0 aromatic rings. The van der Waals surface area contributed by atoms with Gasteiger partial charge in [0.2, 0.25) is 0 Å². The van der Waals surface area contributed by atoms with E-state index in [0.29, 0.717) is 31.5 Å². The van der Waals surface area contributed by atoms with Gasteiger partial charge in [0.25, 0.3) is 0 Å². The summed E-state index contributed by atoms with van der Waals surface area (Å²) in [5, 5.41) is 3.40. The minimum atomic E-state index is 0.256. The van der Waals surface area contributed by atoms with Gasteiger partial charge < -0.3 is 10.1 Å². The lowest BCUT2D eigenvalue weighted by Gasteiger charge is -2.27. The highest BCUT2D eigenvalue weighted by atomic mass is 16.5. The molecule has 2 unspecified atom stereocenters. The number of piperidine rings is 1. The lowest BCUT2D eigenvalue weighted by atomic mass is 9.84. The van der Waals surface area contributed by atoms with Crippen molar-refractivity contribution >= 4 is 5.78 Å². The normalized spacial score (nSPS) is 23.0. The first-order chi connectivity index (χ1) is 7.74. The van der Waals surface area contributed by atoms with Crippen molar-refractivity contribution in [1.82, 2.24) is 5.32 Å². The summed E-state index contributed by atoms with van der Waals surface area (Å²) >= 11 is 0. The lowest BCUT2D eigenvalue weighted by molar-refractivity contribution is -0.124. The van der Waals surface area contributed by atoms with Crippen molar-refractivity contribution in [2.75, 3.05) is 26.3 Å². The summed E-state index contributed by atoms with van der Waals surface area (Å²) in [5.41, 5.74) is 0. The van der Waals surface area contributed by atoms with Gasteiger partial charge in [0, 0.05) is 13.0 Å². The zero-order valence-corrected chi connectivity index (χ0v) is 10.6. The molecule has 0 aromatic carbocycles. The maximum atomic E-state index is 11.6. The van der Waals surface area contributed by atoms with Crippen molar-refractivity contribution in [3.63, 3.8) is 0 Å². The molecule has 0 aromatic heterocycles. The Labute approximate surface area is 98.9 Å². The van der Waals surface area contributed by atoms with Gasteiger partial charge in [0.05, 0.1) is 0 Å². The minimum absolute atomic E-state index is 0.256. The standard InChI is InChI=1S/C13H25NO2/c1-3-7-16-10-13(15)8-11(2)12-5-4-6-14-9-12/h11-12,14H,3-10H2,1-2H3. The van der Waals surface area contributed by atoms with Gasteiger partial charge in [0.1, 0.15) is 6.61 Å². The fourth-order valence-electron chi connectivity index (χ4n) is 2.28. The van der Waals surface area contributed by atoms with Crippen LogP contribution in [0.5, 0.6) is 0 Å². The van der Waals surface area contributed by atoms with E-state index < -0.39 is 0 Å². The van der Waals surface area contributed by atoms with E-state index in [0.717, 1.165) is 19.5 Å². The molecular formula is C13H25NO2. The number of ether oxygens (including phenoxy) is 1. The Kier molecular flexibility index (Phi) is 6.65. The molecule has 1 fully saturated rings. The zero-order chi connectivity index (χ0) is 11.8. The smallest absolute Gasteiger partial charge is 0.158 e. The Morgan fingerprint density at radius 2 is 2.38 bits per heavy atom. The summed E-state index contributed by atoms with van der Waals surface area (Å²) in [5.74, 6) is 1.42. The van der Waals surface area contributed by atoms with Crippen molar-refractivity contribution in [3.8, 4) is 0 Å². The van der Waals surface area contributed by atoms with Gasteiger partial charge >= 0.3 is 0 Å². The zero-order valence-electron chi connectivity index (χ0n) is 10.6. The van der Waals surface area contributed by atoms with Crippen LogP contribution in [0.25, 0.3) is 0 Å². The third kappa shape index (κ3) is 5.08. The number of ketones is 1. The molecule has 16 heavy (non-hydrogen) atoms. The molecule has 1 N–H and O–H groups in total. The predicted molar refractivity (Wildman–Crippen MR) is 65.5 cm³/mol. The number of Topliss-reactive ketones (excluding diaryl/α,β-unsaturated/α-hetero) is 1. The van der Waals surface area contributed by atoms with Crippen LogP contribution in [0.1, 0.15) is 39.5 Å². The third-order valence-electron chi connectivity index (χ3n) is 3.30. The highest BCUT2D eigenvalue weighted by molar-refractivity contribution is 5.79. The van der Waals surface area contributed by atoms with Crippen molar-refractivity contribution < 1.29 is 9.53 Å². The van der Waals surface area contributed by atoms with Gasteiger partial charge in [-0.25, -0.2) is 0 Å². The molecule has 2 atom stereocenters. The molecule has 1 rings (SSSR count). The first kappa shape index (κ1) is 13.7. The van der Waals surface area contributed by atoms with Crippen LogP contribution in [0.4, 0.5) is 0 Å². The third-order valence-corrected chi connectivity index (χ3v) is 3.30. The van der Waals surface area contributed by atoms with E-state index in [2.05, 4.69) is 19.2 Å². The maximum Gasteiger partial charge on any atom is 0.158 e. The molecule has 0 radical (unpaired) electrons. The van der Waals surface area contributed by atoms with Crippen molar-refractivity contribution in [1.29, 1.82) is 0 Å². The second-order valence-electron chi connectivity index (χ2n) is 4.88. The van der Waals surface area contributed by atoms with Gasteiger partial charge in [-0.3, -0.25) is 4.79 Å². The number of hydrogen-bond donors (Lipinski definition) is 1.